The monoisotopic (exact) mass is 352 g/mol. The van der Waals surface area contributed by atoms with Crippen molar-refractivity contribution in [3.63, 3.8) is 0 Å². The summed E-state index contributed by atoms with van der Waals surface area (Å²) >= 11 is 0. The van der Waals surface area contributed by atoms with Crippen LogP contribution < -0.4 is 10.0 Å². The van der Waals surface area contributed by atoms with Crippen LogP contribution in [0.1, 0.15) is 16.7 Å². The smallest absolute Gasteiger partial charge is 0.262 e. The summed E-state index contributed by atoms with van der Waals surface area (Å²) in [5.74, 6) is 0. The summed E-state index contributed by atoms with van der Waals surface area (Å²) < 4.78 is 29.0. The molecule has 0 radical (unpaired) electrons. The number of benzene rings is 3. The fourth-order valence-corrected chi connectivity index (χ4v) is 4.79. The molecule has 2 N–H and O–H groups in total. The number of aryl methyl sites for hydroxylation is 1. The zero-order valence-corrected chi connectivity index (χ0v) is 14.9. The van der Waals surface area contributed by atoms with Crippen molar-refractivity contribution in [2.75, 3.05) is 11.3 Å². The van der Waals surface area contributed by atoms with Crippen molar-refractivity contribution in [2.45, 2.75) is 24.8 Å². The minimum atomic E-state index is -3.66. The van der Waals surface area contributed by atoms with E-state index in [0.717, 1.165) is 47.0 Å². The van der Waals surface area contributed by atoms with E-state index in [-0.39, 0.29) is 0 Å². The van der Waals surface area contributed by atoms with E-state index < -0.39 is 10.0 Å². The normalized spacial score (nSPS) is 14.3. The van der Waals surface area contributed by atoms with E-state index in [2.05, 4.69) is 10.0 Å². The Labute approximate surface area is 147 Å². The van der Waals surface area contributed by atoms with Gasteiger partial charge in [-0.2, -0.15) is 0 Å². The molecule has 1 heterocycles. The lowest BCUT2D eigenvalue weighted by molar-refractivity contribution is 0.601. The Morgan fingerprint density at radius 3 is 2.60 bits per heavy atom. The summed E-state index contributed by atoms with van der Waals surface area (Å²) in [5.41, 5.74) is 3.99. The van der Waals surface area contributed by atoms with E-state index in [9.17, 15) is 8.42 Å². The molecule has 3 aromatic carbocycles. The molecule has 1 aliphatic heterocycles. The van der Waals surface area contributed by atoms with E-state index in [0.29, 0.717) is 10.6 Å². The van der Waals surface area contributed by atoms with Crippen molar-refractivity contribution >= 4 is 26.5 Å². The van der Waals surface area contributed by atoms with Gasteiger partial charge in [-0.3, -0.25) is 4.72 Å². The Balaban J connectivity index is 1.81. The van der Waals surface area contributed by atoms with Crippen LogP contribution in [-0.4, -0.2) is 15.0 Å². The van der Waals surface area contributed by atoms with Crippen LogP contribution in [0.25, 0.3) is 10.8 Å². The molecule has 3 aromatic rings. The molecular weight excluding hydrogens is 332 g/mol. The Kier molecular flexibility index (Phi) is 3.98. The fourth-order valence-electron chi connectivity index (χ4n) is 3.48. The predicted octanol–water partition coefficient (Wildman–Crippen LogP) is 3.59. The lowest BCUT2D eigenvalue weighted by Gasteiger charge is -2.21. The van der Waals surface area contributed by atoms with Gasteiger partial charge in [-0.15, -0.1) is 0 Å². The largest absolute Gasteiger partial charge is 0.312 e. The van der Waals surface area contributed by atoms with Crippen LogP contribution >= 0.6 is 0 Å². The second kappa shape index (κ2) is 6.17. The minimum Gasteiger partial charge on any atom is -0.312 e. The number of anilines is 1. The molecule has 4 nitrogen and oxygen atoms in total. The lowest BCUT2D eigenvalue weighted by Crippen LogP contribution is -2.25. The number of sulfonamides is 1. The zero-order valence-electron chi connectivity index (χ0n) is 14.0. The van der Waals surface area contributed by atoms with Crippen molar-refractivity contribution < 1.29 is 8.42 Å². The molecule has 0 spiro atoms. The first-order chi connectivity index (χ1) is 12.1. The molecule has 0 aliphatic carbocycles. The van der Waals surface area contributed by atoms with Crippen molar-refractivity contribution in [2.24, 2.45) is 0 Å². The molecule has 0 bridgehead atoms. The Hall–Kier alpha value is -2.37. The summed E-state index contributed by atoms with van der Waals surface area (Å²) in [6.45, 7) is 3.63. The Morgan fingerprint density at radius 2 is 1.76 bits per heavy atom. The molecular formula is C20H20N2O2S. The van der Waals surface area contributed by atoms with Crippen molar-refractivity contribution in [1.29, 1.82) is 0 Å². The van der Waals surface area contributed by atoms with Crippen LogP contribution in [0, 0.1) is 6.92 Å². The number of nitrogens with one attached hydrogen (secondary N) is 2. The number of rotatable bonds is 3. The first-order valence-electron chi connectivity index (χ1n) is 8.39. The van der Waals surface area contributed by atoms with E-state index in [4.69, 9.17) is 0 Å². The molecule has 0 saturated carbocycles. The van der Waals surface area contributed by atoms with Crippen molar-refractivity contribution in [3.05, 3.63) is 71.3 Å². The molecule has 1 aliphatic rings. The zero-order chi connectivity index (χ0) is 17.4. The van der Waals surface area contributed by atoms with Gasteiger partial charge in [0.15, 0.2) is 0 Å². The molecule has 128 valence electrons. The number of fused-ring (bicyclic) bond motifs is 2. The average Bonchev–Trinajstić information content (AvgIpc) is 2.62. The molecule has 0 saturated heterocycles. The number of hydrogen-bond donors (Lipinski definition) is 2. The lowest BCUT2D eigenvalue weighted by atomic mass is 9.99. The maximum Gasteiger partial charge on any atom is 0.262 e. The molecule has 0 aromatic heterocycles. The Morgan fingerprint density at radius 1 is 0.960 bits per heavy atom. The molecule has 0 atom stereocenters. The summed E-state index contributed by atoms with van der Waals surface area (Å²) in [7, 11) is -3.66. The van der Waals surface area contributed by atoms with Gasteiger partial charge < -0.3 is 5.32 Å². The van der Waals surface area contributed by atoms with Crippen LogP contribution in [0.2, 0.25) is 0 Å². The summed E-state index contributed by atoms with van der Waals surface area (Å²) in [5, 5.41) is 5.03. The first kappa shape index (κ1) is 16.1. The molecule has 5 heteroatoms. The maximum absolute atomic E-state index is 13.1. The maximum atomic E-state index is 13.1. The molecule has 0 amide bonds. The Bertz CT molecular complexity index is 1060. The van der Waals surface area contributed by atoms with Crippen molar-refractivity contribution in [3.8, 4) is 0 Å². The second-order valence-electron chi connectivity index (χ2n) is 6.40. The van der Waals surface area contributed by atoms with Gasteiger partial charge in [-0.25, -0.2) is 8.42 Å². The highest BCUT2D eigenvalue weighted by atomic mass is 32.2. The standard InChI is InChI=1S/C20H20N2O2S/c1-14-9-10-20(18-7-3-2-6-16(14)18)25(23,24)22-19-8-4-5-15-13-21-12-11-17(15)19/h2-10,21-22H,11-13H2,1H3. The summed E-state index contributed by atoms with van der Waals surface area (Å²) in [4.78, 5) is 0.320. The van der Waals surface area contributed by atoms with Crippen molar-refractivity contribution in [1.82, 2.24) is 5.32 Å². The van der Waals surface area contributed by atoms with Gasteiger partial charge in [-0.1, -0.05) is 42.5 Å². The predicted molar refractivity (Wildman–Crippen MR) is 101 cm³/mol. The average molecular weight is 352 g/mol. The van der Waals surface area contributed by atoms with Gasteiger partial charge in [0, 0.05) is 11.9 Å². The highest BCUT2D eigenvalue weighted by molar-refractivity contribution is 7.93. The summed E-state index contributed by atoms with van der Waals surface area (Å²) in [6.07, 6.45) is 0.822. The second-order valence-corrected chi connectivity index (χ2v) is 8.05. The third kappa shape index (κ3) is 2.90. The molecule has 25 heavy (non-hydrogen) atoms. The highest BCUT2D eigenvalue weighted by Crippen LogP contribution is 2.29. The van der Waals surface area contributed by atoms with Gasteiger partial charge in [0.2, 0.25) is 0 Å². The van der Waals surface area contributed by atoms with Gasteiger partial charge in [0.05, 0.1) is 10.6 Å². The van der Waals surface area contributed by atoms with Gasteiger partial charge in [0.25, 0.3) is 10.0 Å². The SMILES string of the molecule is Cc1ccc(S(=O)(=O)Nc2cccc3c2CCNC3)c2ccccc12. The van der Waals surface area contributed by atoms with Crippen LogP contribution in [0.4, 0.5) is 5.69 Å². The van der Waals surface area contributed by atoms with E-state index >= 15 is 0 Å². The quantitative estimate of drug-likeness (QED) is 0.757. The van der Waals surface area contributed by atoms with Gasteiger partial charge in [-0.05, 0) is 54.1 Å². The summed E-state index contributed by atoms with van der Waals surface area (Å²) in [6, 6.07) is 17.0. The third-order valence-corrected chi connectivity index (χ3v) is 6.20. The van der Waals surface area contributed by atoms with Crippen LogP contribution in [0.3, 0.4) is 0 Å². The van der Waals surface area contributed by atoms with Gasteiger partial charge >= 0.3 is 0 Å². The first-order valence-corrected chi connectivity index (χ1v) is 9.87. The highest BCUT2D eigenvalue weighted by Gasteiger charge is 2.21. The van der Waals surface area contributed by atoms with E-state index in [1.807, 2.05) is 55.5 Å². The van der Waals surface area contributed by atoms with E-state index in [1.165, 1.54) is 0 Å². The minimum absolute atomic E-state index is 0.320. The molecule has 4 rings (SSSR count). The van der Waals surface area contributed by atoms with Crippen LogP contribution in [-0.2, 0) is 23.0 Å². The van der Waals surface area contributed by atoms with Gasteiger partial charge in [0.1, 0.15) is 0 Å². The van der Waals surface area contributed by atoms with Crippen LogP contribution in [0.15, 0.2) is 59.5 Å². The fraction of sp³-hybridized carbons (Fsp3) is 0.200. The topological polar surface area (TPSA) is 58.2 Å². The van der Waals surface area contributed by atoms with E-state index in [1.54, 1.807) is 6.07 Å². The molecule has 0 unspecified atom stereocenters. The third-order valence-electron chi connectivity index (χ3n) is 4.78. The number of hydrogen-bond acceptors (Lipinski definition) is 3. The molecule has 0 fully saturated rings. The van der Waals surface area contributed by atoms with Crippen LogP contribution in [0.5, 0.6) is 0 Å².